The first kappa shape index (κ1) is 22.6. The third kappa shape index (κ3) is 7.31. The first-order valence-corrected chi connectivity index (χ1v) is 10.0. The average molecular weight is 399 g/mol. The van der Waals surface area contributed by atoms with E-state index >= 15 is 0 Å². The van der Waals surface area contributed by atoms with Gasteiger partial charge in [-0.05, 0) is 62.8 Å². The second kappa shape index (κ2) is 12.0. The molecule has 0 amide bonds. The van der Waals surface area contributed by atoms with Crippen LogP contribution in [0.25, 0.3) is 0 Å². The fraction of sp³-hybridized carbons (Fsp3) is 0.435. The molecule has 1 atom stereocenters. The first-order valence-electron chi connectivity index (χ1n) is 10.0. The molecule has 0 saturated heterocycles. The number of rotatable bonds is 10. The highest BCUT2D eigenvalue weighted by atomic mass is 16.5. The smallest absolute Gasteiger partial charge is 0.191 e. The van der Waals surface area contributed by atoms with Crippen molar-refractivity contribution in [3.8, 4) is 11.5 Å². The zero-order chi connectivity index (χ0) is 21.1. The fourth-order valence-corrected chi connectivity index (χ4v) is 3.05. The van der Waals surface area contributed by atoms with Crippen LogP contribution in [0.5, 0.6) is 11.5 Å². The molecule has 0 aliphatic carbocycles. The maximum Gasteiger partial charge on any atom is 0.191 e. The summed E-state index contributed by atoms with van der Waals surface area (Å²) in [5.41, 5.74) is 2.45. The van der Waals surface area contributed by atoms with E-state index in [0.717, 1.165) is 37.0 Å². The highest BCUT2D eigenvalue weighted by molar-refractivity contribution is 5.79. The number of hydrogen-bond donors (Lipinski definition) is 2. The lowest BCUT2D eigenvalue weighted by atomic mass is 10.1. The molecule has 0 aromatic heterocycles. The summed E-state index contributed by atoms with van der Waals surface area (Å²) in [7, 11) is 7.52. The van der Waals surface area contributed by atoms with Gasteiger partial charge in [0.25, 0.3) is 0 Å². The van der Waals surface area contributed by atoms with E-state index in [-0.39, 0.29) is 6.04 Å². The van der Waals surface area contributed by atoms with Crippen LogP contribution in [0.4, 0.5) is 0 Å². The number of aliphatic imine (C=N–C) groups is 1. The first-order chi connectivity index (χ1) is 14.1. The number of nitrogens with one attached hydrogen (secondary N) is 2. The van der Waals surface area contributed by atoms with Crippen LogP contribution in [-0.4, -0.2) is 58.8 Å². The zero-order valence-corrected chi connectivity index (χ0v) is 18.2. The second-order valence-corrected chi connectivity index (χ2v) is 7.00. The van der Waals surface area contributed by atoms with Gasteiger partial charge in [-0.15, -0.1) is 0 Å². The number of benzene rings is 2. The topological polar surface area (TPSA) is 58.1 Å². The molecular weight excluding hydrogens is 364 g/mol. The maximum atomic E-state index is 5.37. The predicted molar refractivity (Wildman–Crippen MR) is 120 cm³/mol. The van der Waals surface area contributed by atoms with Crippen LogP contribution < -0.4 is 20.1 Å². The molecule has 0 bridgehead atoms. The molecule has 0 saturated carbocycles. The van der Waals surface area contributed by atoms with E-state index in [0.29, 0.717) is 6.54 Å². The lowest BCUT2D eigenvalue weighted by Crippen LogP contribution is -2.39. The molecule has 0 radical (unpaired) electrons. The molecule has 1 unspecified atom stereocenters. The summed E-state index contributed by atoms with van der Waals surface area (Å²) in [5.74, 6) is 2.57. The minimum absolute atomic E-state index is 0.169. The van der Waals surface area contributed by atoms with E-state index in [4.69, 9.17) is 14.5 Å². The third-order valence-corrected chi connectivity index (χ3v) is 4.73. The Hall–Kier alpha value is -2.73. The largest absolute Gasteiger partial charge is 0.497 e. The minimum atomic E-state index is 0.169. The molecule has 0 aliphatic heterocycles. The van der Waals surface area contributed by atoms with Gasteiger partial charge < -0.3 is 25.0 Å². The van der Waals surface area contributed by atoms with Gasteiger partial charge in [-0.3, -0.25) is 4.99 Å². The molecule has 29 heavy (non-hydrogen) atoms. The van der Waals surface area contributed by atoms with Crippen molar-refractivity contribution in [3.63, 3.8) is 0 Å². The number of ether oxygens (including phenoxy) is 2. The lowest BCUT2D eigenvalue weighted by Gasteiger charge is -2.24. The molecule has 2 aromatic carbocycles. The summed E-state index contributed by atoms with van der Waals surface area (Å²) in [6.45, 7) is 4.36. The van der Waals surface area contributed by atoms with Gasteiger partial charge in [0.05, 0.1) is 26.8 Å². The number of hydrogen-bond acceptors (Lipinski definition) is 4. The quantitative estimate of drug-likeness (QED) is 0.476. The van der Waals surface area contributed by atoms with Crippen LogP contribution in [0.1, 0.15) is 24.1 Å². The van der Waals surface area contributed by atoms with Gasteiger partial charge >= 0.3 is 0 Å². The molecule has 0 spiro atoms. The summed E-state index contributed by atoms with van der Waals surface area (Å²) in [6.07, 6.45) is 0.918. The molecule has 2 rings (SSSR count). The van der Waals surface area contributed by atoms with Gasteiger partial charge in [0.2, 0.25) is 0 Å². The van der Waals surface area contributed by atoms with Crippen molar-refractivity contribution in [2.45, 2.75) is 19.4 Å². The van der Waals surface area contributed by atoms with Gasteiger partial charge in [-0.1, -0.05) is 24.3 Å². The molecule has 0 heterocycles. The summed E-state index contributed by atoms with van der Waals surface area (Å²) in [6, 6.07) is 16.5. The third-order valence-electron chi connectivity index (χ3n) is 4.73. The van der Waals surface area contributed by atoms with Gasteiger partial charge in [0.15, 0.2) is 5.96 Å². The molecular formula is C23H34N4O2. The van der Waals surface area contributed by atoms with E-state index < -0.39 is 0 Å². The Morgan fingerprint density at radius 3 is 2.34 bits per heavy atom. The highest BCUT2D eigenvalue weighted by Gasteiger charge is 2.14. The van der Waals surface area contributed by atoms with Crippen molar-refractivity contribution < 1.29 is 9.47 Å². The molecule has 2 aromatic rings. The van der Waals surface area contributed by atoms with Gasteiger partial charge in [-0.25, -0.2) is 0 Å². The number of methoxy groups -OCH3 is 2. The SMILES string of the molecule is CCNC(=NCC(c1cccc(OC)c1)N(C)C)NCCc1ccc(OC)cc1. The van der Waals surface area contributed by atoms with Crippen LogP contribution in [0.3, 0.4) is 0 Å². The van der Waals surface area contributed by atoms with Crippen LogP contribution >= 0.6 is 0 Å². The van der Waals surface area contributed by atoms with Crippen LogP contribution in [-0.2, 0) is 6.42 Å². The fourth-order valence-electron chi connectivity index (χ4n) is 3.05. The molecule has 6 nitrogen and oxygen atoms in total. The van der Waals surface area contributed by atoms with Crippen LogP contribution in [0, 0.1) is 0 Å². The number of guanidine groups is 1. The van der Waals surface area contributed by atoms with Crippen molar-refractivity contribution in [1.29, 1.82) is 0 Å². The lowest BCUT2D eigenvalue weighted by molar-refractivity contribution is 0.305. The molecule has 158 valence electrons. The Bertz CT molecular complexity index is 760. The van der Waals surface area contributed by atoms with Crippen molar-refractivity contribution in [3.05, 3.63) is 59.7 Å². The van der Waals surface area contributed by atoms with E-state index in [2.05, 4.69) is 60.8 Å². The van der Waals surface area contributed by atoms with Gasteiger partial charge in [0, 0.05) is 13.1 Å². The number of likely N-dealkylation sites (N-methyl/N-ethyl adjacent to an activating group) is 1. The van der Waals surface area contributed by atoms with Crippen molar-refractivity contribution in [2.75, 3.05) is 47.9 Å². The summed E-state index contributed by atoms with van der Waals surface area (Å²) < 4.78 is 10.6. The summed E-state index contributed by atoms with van der Waals surface area (Å²) >= 11 is 0. The van der Waals surface area contributed by atoms with E-state index in [1.807, 2.05) is 24.3 Å². The predicted octanol–water partition coefficient (Wildman–Crippen LogP) is 3.10. The Kier molecular flexibility index (Phi) is 9.31. The van der Waals surface area contributed by atoms with Gasteiger partial charge in [0.1, 0.15) is 11.5 Å². The van der Waals surface area contributed by atoms with E-state index in [1.165, 1.54) is 11.1 Å². The molecule has 0 fully saturated rings. The number of nitrogens with zero attached hydrogens (tertiary/aromatic N) is 2. The monoisotopic (exact) mass is 398 g/mol. The molecule has 0 aliphatic rings. The summed E-state index contributed by atoms with van der Waals surface area (Å²) in [4.78, 5) is 7.00. The molecule has 6 heteroatoms. The molecule has 2 N–H and O–H groups in total. The maximum absolute atomic E-state index is 5.37. The van der Waals surface area contributed by atoms with E-state index in [9.17, 15) is 0 Å². The normalized spacial score (nSPS) is 12.6. The highest BCUT2D eigenvalue weighted by Crippen LogP contribution is 2.22. The van der Waals surface area contributed by atoms with Crippen molar-refractivity contribution in [1.82, 2.24) is 15.5 Å². The van der Waals surface area contributed by atoms with Crippen molar-refractivity contribution >= 4 is 5.96 Å². The van der Waals surface area contributed by atoms with Crippen LogP contribution in [0.15, 0.2) is 53.5 Å². The minimum Gasteiger partial charge on any atom is -0.497 e. The second-order valence-electron chi connectivity index (χ2n) is 7.00. The summed E-state index contributed by atoms with van der Waals surface area (Å²) in [5, 5.41) is 6.76. The Labute approximate surface area is 174 Å². The van der Waals surface area contributed by atoms with Gasteiger partial charge in [-0.2, -0.15) is 0 Å². The Morgan fingerprint density at radius 1 is 1.00 bits per heavy atom. The zero-order valence-electron chi connectivity index (χ0n) is 18.2. The van der Waals surface area contributed by atoms with Crippen LogP contribution in [0.2, 0.25) is 0 Å². The van der Waals surface area contributed by atoms with Crippen molar-refractivity contribution in [2.24, 2.45) is 4.99 Å². The average Bonchev–Trinajstić information content (AvgIpc) is 2.74. The Morgan fingerprint density at radius 2 is 1.72 bits per heavy atom. The standard InChI is InChI=1S/C23H34N4O2/c1-6-24-23(25-15-14-18-10-12-20(28-4)13-11-18)26-17-22(27(2)3)19-8-7-9-21(16-19)29-5/h7-13,16,22H,6,14-15,17H2,1-5H3,(H2,24,25,26). The Balaban J connectivity index is 1.99. The van der Waals surface area contributed by atoms with E-state index in [1.54, 1.807) is 14.2 Å².